The highest BCUT2D eigenvalue weighted by molar-refractivity contribution is 8.00. The van der Waals surface area contributed by atoms with Gasteiger partial charge in [0.05, 0.1) is 9.90 Å². The van der Waals surface area contributed by atoms with Gasteiger partial charge in [-0.05, 0) is 25.0 Å². The van der Waals surface area contributed by atoms with Crippen molar-refractivity contribution >= 4 is 34.7 Å². The van der Waals surface area contributed by atoms with Crippen molar-refractivity contribution in [1.82, 2.24) is 4.90 Å². The molecule has 1 aliphatic carbocycles. The summed E-state index contributed by atoms with van der Waals surface area (Å²) in [4.78, 5) is 14.2. The van der Waals surface area contributed by atoms with E-state index in [0.29, 0.717) is 10.8 Å². The number of thioether (sulfide) groups is 1. The molecule has 1 aromatic heterocycles. The maximum Gasteiger partial charge on any atom is 0.265 e. The van der Waals surface area contributed by atoms with E-state index in [0.717, 1.165) is 5.69 Å². The molecule has 1 amide bonds. The molecule has 5 heteroatoms. The lowest BCUT2D eigenvalue weighted by Gasteiger charge is -2.08. The molecule has 88 valence electrons. The van der Waals surface area contributed by atoms with Crippen LogP contribution in [-0.4, -0.2) is 31.2 Å². The van der Waals surface area contributed by atoms with Gasteiger partial charge in [-0.15, -0.1) is 23.1 Å². The zero-order valence-corrected chi connectivity index (χ0v) is 11.4. The largest absolute Gasteiger partial charge is 0.397 e. The van der Waals surface area contributed by atoms with Gasteiger partial charge >= 0.3 is 0 Å². The Hall–Kier alpha value is -0.680. The molecule has 1 saturated carbocycles. The monoisotopic (exact) mass is 256 g/mol. The fourth-order valence-electron chi connectivity index (χ4n) is 1.71. The summed E-state index contributed by atoms with van der Waals surface area (Å²) >= 11 is 3.23. The molecule has 2 N–H and O–H groups in total. The molecule has 0 radical (unpaired) electrons. The van der Waals surface area contributed by atoms with Crippen LogP contribution < -0.4 is 5.73 Å². The Labute approximate surface area is 104 Å². The first kappa shape index (κ1) is 11.8. The van der Waals surface area contributed by atoms with E-state index >= 15 is 0 Å². The van der Waals surface area contributed by atoms with Gasteiger partial charge in [-0.3, -0.25) is 4.79 Å². The van der Waals surface area contributed by atoms with Crippen molar-refractivity contribution < 1.29 is 4.79 Å². The number of nitrogen functional groups attached to an aromatic ring is 1. The Bertz CT molecular complexity index is 422. The van der Waals surface area contributed by atoms with Crippen molar-refractivity contribution in [3.63, 3.8) is 0 Å². The fourth-order valence-corrected chi connectivity index (χ4v) is 3.85. The molecule has 2 rings (SSSR count). The van der Waals surface area contributed by atoms with Gasteiger partial charge in [-0.1, -0.05) is 0 Å². The normalized spacial score (nSPS) is 15.2. The Morgan fingerprint density at radius 1 is 1.50 bits per heavy atom. The number of carbonyl (C=O) groups excluding carboxylic acids is 1. The van der Waals surface area contributed by atoms with Crippen LogP contribution in [0.2, 0.25) is 0 Å². The highest BCUT2D eigenvalue weighted by Gasteiger charge is 2.32. The molecule has 0 atom stereocenters. The number of amides is 1. The molecule has 1 aromatic rings. The van der Waals surface area contributed by atoms with Gasteiger partial charge in [0.2, 0.25) is 0 Å². The minimum atomic E-state index is 0.0182. The third-order valence-electron chi connectivity index (χ3n) is 2.72. The van der Waals surface area contributed by atoms with Gasteiger partial charge in [0.1, 0.15) is 4.88 Å². The van der Waals surface area contributed by atoms with Gasteiger partial charge in [0, 0.05) is 19.7 Å². The molecular formula is C11H16N2OS2. The van der Waals surface area contributed by atoms with Crippen molar-refractivity contribution in [3.05, 3.63) is 10.4 Å². The zero-order valence-electron chi connectivity index (χ0n) is 9.74. The Kier molecular flexibility index (Phi) is 3.17. The third kappa shape index (κ3) is 1.94. The molecule has 1 fully saturated rings. The number of thiophene rings is 1. The van der Waals surface area contributed by atoms with E-state index in [1.54, 1.807) is 30.8 Å². The van der Waals surface area contributed by atoms with Crippen LogP contribution >= 0.6 is 23.1 Å². The fraction of sp³-hybridized carbons (Fsp3) is 0.545. The van der Waals surface area contributed by atoms with Crippen LogP contribution in [0.15, 0.2) is 4.21 Å². The minimum Gasteiger partial charge on any atom is -0.397 e. The van der Waals surface area contributed by atoms with Crippen LogP contribution in [0.4, 0.5) is 5.69 Å². The first-order chi connectivity index (χ1) is 7.56. The predicted octanol–water partition coefficient (Wildman–Crippen LogP) is 2.63. The summed E-state index contributed by atoms with van der Waals surface area (Å²) in [5, 5.41) is 0. The van der Waals surface area contributed by atoms with Crippen LogP contribution in [-0.2, 0) is 0 Å². The highest BCUT2D eigenvalue weighted by Crippen LogP contribution is 2.51. The van der Waals surface area contributed by atoms with E-state index in [1.165, 1.54) is 34.0 Å². The Balaban J connectivity index is 2.43. The maximum atomic E-state index is 11.9. The maximum absolute atomic E-state index is 11.9. The number of carbonyl (C=O) groups is 1. The lowest BCUT2D eigenvalue weighted by atomic mass is 10.1. The average molecular weight is 256 g/mol. The number of rotatable bonds is 3. The number of nitrogens with zero attached hydrogens (tertiary/aromatic N) is 1. The molecule has 0 saturated heterocycles. The number of nitrogens with two attached hydrogens (primary N) is 1. The molecule has 0 aliphatic heterocycles. The van der Waals surface area contributed by atoms with Crippen molar-refractivity contribution in [2.24, 2.45) is 0 Å². The summed E-state index contributed by atoms with van der Waals surface area (Å²) in [6.45, 7) is 0. The molecule has 0 unspecified atom stereocenters. The van der Waals surface area contributed by atoms with Crippen LogP contribution in [0.3, 0.4) is 0 Å². The first-order valence-corrected chi connectivity index (χ1v) is 7.28. The summed E-state index contributed by atoms with van der Waals surface area (Å²) in [7, 11) is 3.52. The van der Waals surface area contributed by atoms with Crippen LogP contribution in [0.25, 0.3) is 0 Å². The smallest absolute Gasteiger partial charge is 0.265 e. The lowest BCUT2D eigenvalue weighted by molar-refractivity contribution is 0.0833. The van der Waals surface area contributed by atoms with Gasteiger partial charge in [0.15, 0.2) is 0 Å². The number of hydrogen-bond acceptors (Lipinski definition) is 4. The van der Waals surface area contributed by atoms with E-state index in [-0.39, 0.29) is 5.91 Å². The summed E-state index contributed by atoms with van der Waals surface area (Å²) in [5.74, 6) is 0.618. The molecule has 16 heavy (non-hydrogen) atoms. The van der Waals surface area contributed by atoms with Gasteiger partial charge in [0.25, 0.3) is 5.91 Å². The molecular weight excluding hydrogens is 240 g/mol. The Morgan fingerprint density at radius 3 is 2.56 bits per heavy atom. The number of hydrogen-bond donors (Lipinski definition) is 1. The minimum absolute atomic E-state index is 0.0182. The summed E-state index contributed by atoms with van der Waals surface area (Å²) in [5.41, 5.74) is 8.05. The van der Waals surface area contributed by atoms with Crippen molar-refractivity contribution in [2.75, 3.05) is 26.1 Å². The second-order valence-corrected chi connectivity index (χ2v) is 6.32. The third-order valence-corrected chi connectivity index (χ3v) is 5.07. The standard InChI is InChI=1S/C11H16N2OS2/c1-13(2)10(14)9-8(12)7(6-4-5-6)11(15-3)16-9/h6H,4-5,12H2,1-3H3. The Morgan fingerprint density at radius 2 is 2.12 bits per heavy atom. The second-order valence-electron chi connectivity index (χ2n) is 4.22. The van der Waals surface area contributed by atoms with E-state index in [9.17, 15) is 4.79 Å². The van der Waals surface area contributed by atoms with E-state index in [1.807, 2.05) is 6.26 Å². The SMILES string of the molecule is CSc1sc(C(=O)N(C)C)c(N)c1C1CC1. The van der Waals surface area contributed by atoms with Gasteiger partial charge in [-0.25, -0.2) is 0 Å². The molecule has 0 aromatic carbocycles. The van der Waals surface area contributed by atoms with E-state index < -0.39 is 0 Å². The molecule has 0 spiro atoms. The lowest BCUT2D eigenvalue weighted by Crippen LogP contribution is -2.21. The van der Waals surface area contributed by atoms with Crippen LogP contribution in [0.1, 0.15) is 34.0 Å². The number of anilines is 1. The van der Waals surface area contributed by atoms with Crippen molar-refractivity contribution in [3.8, 4) is 0 Å². The summed E-state index contributed by atoms with van der Waals surface area (Å²) in [6.07, 6.45) is 4.47. The first-order valence-electron chi connectivity index (χ1n) is 5.24. The van der Waals surface area contributed by atoms with Crippen molar-refractivity contribution in [1.29, 1.82) is 0 Å². The van der Waals surface area contributed by atoms with Crippen molar-refractivity contribution in [2.45, 2.75) is 23.0 Å². The quantitative estimate of drug-likeness (QED) is 0.846. The van der Waals surface area contributed by atoms with Crippen LogP contribution in [0.5, 0.6) is 0 Å². The average Bonchev–Trinajstić information content (AvgIpc) is 3.02. The molecule has 1 aliphatic rings. The predicted molar refractivity (Wildman–Crippen MR) is 70.5 cm³/mol. The summed E-state index contributed by atoms with van der Waals surface area (Å²) in [6, 6.07) is 0. The second kappa shape index (κ2) is 4.30. The van der Waals surface area contributed by atoms with E-state index in [4.69, 9.17) is 5.73 Å². The highest BCUT2D eigenvalue weighted by atomic mass is 32.2. The molecule has 0 bridgehead atoms. The van der Waals surface area contributed by atoms with Crippen LogP contribution in [0, 0.1) is 0 Å². The molecule has 3 nitrogen and oxygen atoms in total. The molecule has 1 heterocycles. The summed E-state index contributed by atoms with van der Waals surface area (Å²) < 4.78 is 1.21. The topological polar surface area (TPSA) is 46.3 Å². The van der Waals surface area contributed by atoms with Gasteiger partial charge in [-0.2, -0.15) is 0 Å². The van der Waals surface area contributed by atoms with Gasteiger partial charge < -0.3 is 10.6 Å². The van der Waals surface area contributed by atoms with E-state index in [2.05, 4.69) is 0 Å². The zero-order chi connectivity index (χ0) is 11.9.